The monoisotopic (exact) mass is 284 g/mol. The summed E-state index contributed by atoms with van der Waals surface area (Å²) in [6, 6.07) is 9.02. The molecule has 5 heteroatoms. The maximum atomic E-state index is 12.5. The Morgan fingerprint density at radius 1 is 1.19 bits per heavy atom. The van der Waals surface area contributed by atoms with Crippen molar-refractivity contribution in [2.24, 2.45) is 7.05 Å². The number of carbonyl (C=O) groups is 2. The molecule has 0 radical (unpaired) electrons. The Labute approximate surface area is 122 Å². The van der Waals surface area contributed by atoms with Gasteiger partial charge in [0.1, 0.15) is 0 Å². The lowest BCUT2D eigenvalue weighted by atomic mass is 10.0. The number of nitrogens with one attached hydrogen (secondary N) is 1. The van der Waals surface area contributed by atoms with E-state index < -0.39 is 5.91 Å². The van der Waals surface area contributed by atoms with Gasteiger partial charge in [0.2, 0.25) is 0 Å². The van der Waals surface area contributed by atoms with Gasteiger partial charge in [-0.1, -0.05) is 29.8 Å². The van der Waals surface area contributed by atoms with E-state index in [9.17, 15) is 9.59 Å². The lowest BCUT2D eigenvalue weighted by Gasteiger charge is -2.04. The third-order valence-electron chi connectivity index (χ3n) is 3.18. The van der Waals surface area contributed by atoms with Crippen molar-refractivity contribution < 1.29 is 14.8 Å². The number of rotatable bonds is 4. The molecule has 0 atom stereocenters. The van der Waals surface area contributed by atoms with Crippen LogP contribution in [0.4, 0.5) is 0 Å². The van der Waals surface area contributed by atoms with Crippen LogP contribution in [0.15, 0.2) is 42.6 Å². The number of nitrogens with zero attached hydrogens (tertiary/aromatic N) is 1. The number of amides is 1. The Kier molecular flexibility index (Phi) is 4.35. The van der Waals surface area contributed by atoms with Crippen LogP contribution in [0, 0.1) is 6.92 Å². The number of aryl methyl sites for hydroxylation is 2. The summed E-state index contributed by atoms with van der Waals surface area (Å²) in [4.78, 5) is 23.6. The minimum Gasteiger partial charge on any atom is -0.350 e. The average molecular weight is 284 g/mol. The minimum absolute atomic E-state index is 0.111. The van der Waals surface area contributed by atoms with Gasteiger partial charge in [0, 0.05) is 30.4 Å². The van der Waals surface area contributed by atoms with Crippen LogP contribution >= 0.6 is 0 Å². The van der Waals surface area contributed by atoms with Crippen molar-refractivity contribution in [1.82, 2.24) is 10.0 Å². The molecule has 1 heterocycles. The smallest absolute Gasteiger partial charge is 0.267 e. The van der Waals surface area contributed by atoms with Gasteiger partial charge in [0.05, 0.1) is 5.69 Å². The lowest BCUT2D eigenvalue weighted by Crippen LogP contribution is -2.15. The molecule has 2 rings (SSSR count). The summed E-state index contributed by atoms with van der Waals surface area (Å²) in [5.41, 5.74) is 4.29. The summed E-state index contributed by atoms with van der Waals surface area (Å²) >= 11 is 0. The standard InChI is InChI=1S/C16H16N2O3/c1-11-3-5-12(6-4-11)16(20)13-9-10-18(2)14(13)7-8-15(19)17-21/h3-10,21H,1-2H3,(H,17,19). The molecule has 0 aliphatic carbocycles. The van der Waals surface area contributed by atoms with Gasteiger partial charge in [-0.05, 0) is 19.1 Å². The molecular formula is C16H16N2O3. The first kappa shape index (κ1) is 14.7. The largest absolute Gasteiger partial charge is 0.350 e. The third-order valence-corrected chi connectivity index (χ3v) is 3.18. The molecule has 1 amide bonds. The van der Waals surface area contributed by atoms with E-state index in [4.69, 9.17) is 5.21 Å². The average Bonchev–Trinajstić information content (AvgIpc) is 2.85. The second-order valence-corrected chi connectivity index (χ2v) is 4.73. The molecule has 0 bridgehead atoms. The zero-order valence-corrected chi connectivity index (χ0v) is 11.8. The Balaban J connectivity index is 2.36. The number of carbonyl (C=O) groups excluding carboxylic acids is 2. The van der Waals surface area contributed by atoms with E-state index in [-0.39, 0.29) is 5.78 Å². The van der Waals surface area contributed by atoms with Crippen LogP contribution in [0.1, 0.15) is 27.2 Å². The quantitative estimate of drug-likeness (QED) is 0.391. The first-order chi connectivity index (χ1) is 10.0. The Morgan fingerprint density at radius 3 is 2.48 bits per heavy atom. The molecule has 1 aromatic heterocycles. The molecule has 0 aliphatic heterocycles. The van der Waals surface area contributed by atoms with Crippen molar-refractivity contribution in [1.29, 1.82) is 0 Å². The molecule has 0 aliphatic rings. The van der Waals surface area contributed by atoms with Crippen molar-refractivity contribution in [2.45, 2.75) is 6.92 Å². The molecule has 5 nitrogen and oxygen atoms in total. The van der Waals surface area contributed by atoms with Crippen LogP contribution in [-0.4, -0.2) is 21.5 Å². The number of ketones is 1. The molecule has 21 heavy (non-hydrogen) atoms. The van der Waals surface area contributed by atoms with E-state index in [1.165, 1.54) is 17.6 Å². The fourth-order valence-corrected chi connectivity index (χ4v) is 1.99. The second kappa shape index (κ2) is 6.19. The van der Waals surface area contributed by atoms with Crippen molar-refractivity contribution in [3.63, 3.8) is 0 Å². The highest BCUT2D eigenvalue weighted by Gasteiger charge is 2.15. The van der Waals surface area contributed by atoms with Crippen LogP contribution in [0.3, 0.4) is 0 Å². The molecule has 2 aromatic rings. The molecule has 2 N–H and O–H groups in total. The Morgan fingerprint density at radius 2 is 1.86 bits per heavy atom. The van der Waals surface area contributed by atoms with Gasteiger partial charge in [-0.2, -0.15) is 0 Å². The van der Waals surface area contributed by atoms with Crippen LogP contribution in [0.2, 0.25) is 0 Å². The summed E-state index contributed by atoms with van der Waals surface area (Å²) in [6.45, 7) is 1.96. The zero-order chi connectivity index (χ0) is 15.4. The summed E-state index contributed by atoms with van der Waals surface area (Å²) in [5.74, 6) is -0.760. The highest BCUT2D eigenvalue weighted by molar-refractivity contribution is 6.11. The summed E-state index contributed by atoms with van der Waals surface area (Å²) in [6.07, 6.45) is 4.41. The maximum absolute atomic E-state index is 12.5. The fourth-order valence-electron chi connectivity index (χ4n) is 1.99. The zero-order valence-electron chi connectivity index (χ0n) is 11.8. The van der Waals surface area contributed by atoms with E-state index in [1.807, 2.05) is 19.1 Å². The van der Waals surface area contributed by atoms with E-state index in [2.05, 4.69) is 0 Å². The first-order valence-electron chi connectivity index (χ1n) is 6.41. The van der Waals surface area contributed by atoms with Gasteiger partial charge in [0.25, 0.3) is 5.91 Å². The predicted molar refractivity (Wildman–Crippen MR) is 79.0 cm³/mol. The number of hydroxylamine groups is 1. The van der Waals surface area contributed by atoms with Crippen molar-refractivity contribution in [2.75, 3.05) is 0 Å². The topological polar surface area (TPSA) is 71.3 Å². The van der Waals surface area contributed by atoms with Gasteiger partial charge in [-0.3, -0.25) is 14.8 Å². The van der Waals surface area contributed by atoms with Crippen LogP contribution in [-0.2, 0) is 11.8 Å². The van der Waals surface area contributed by atoms with E-state index in [0.717, 1.165) is 5.56 Å². The van der Waals surface area contributed by atoms with Gasteiger partial charge < -0.3 is 4.57 Å². The van der Waals surface area contributed by atoms with Crippen LogP contribution in [0.25, 0.3) is 6.08 Å². The minimum atomic E-state index is -0.648. The highest BCUT2D eigenvalue weighted by Crippen LogP contribution is 2.17. The Hall–Kier alpha value is -2.66. The molecule has 0 spiro atoms. The number of hydrogen-bond donors (Lipinski definition) is 2. The van der Waals surface area contributed by atoms with Crippen LogP contribution < -0.4 is 5.48 Å². The normalized spacial score (nSPS) is 10.8. The SMILES string of the molecule is Cc1ccc(C(=O)c2ccn(C)c2C=CC(=O)NO)cc1. The highest BCUT2D eigenvalue weighted by atomic mass is 16.5. The molecule has 0 unspecified atom stereocenters. The molecule has 1 aromatic carbocycles. The van der Waals surface area contributed by atoms with Gasteiger partial charge >= 0.3 is 0 Å². The van der Waals surface area contributed by atoms with Crippen molar-refractivity contribution in [3.8, 4) is 0 Å². The van der Waals surface area contributed by atoms with Crippen molar-refractivity contribution in [3.05, 3.63) is 65.0 Å². The summed E-state index contributed by atoms with van der Waals surface area (Å²) in [7, 11) is 1.78. The number of aromatic nitrogens is 1. The van der Waals surface area contributed by atoms with Crippen molar-refractivity contribution >= 4 is 17.8 Å². The fraction of sp³-hybridized carbons (Fsp3) is 0.125. The lowest BCUT2D eigenvalue weighted by molar-refractivity contribution is -0.124. The molecule has 0 saturated carbocycles. The second-order valence-electron chi connectivity index (χ2n) is 4.73. The van der Waals surface area contributed by atoms with E-state index >= 15 is 0 Å². The van der Waals surface area contributed by atoms with E-state index in [1.54, 1.807) is 36.0 Å². The molecule has 0 saturated heterocycles. The summed E-state index contributed by atoms with van der Waals surface area (Å²) < 4.78 is 1.74. The van der Waals surface area contributed by atoms with E-state index in [0.29, 0.717) is 16.8 Å². The molecule has 108 valence electrons. The van der Waals surface area contributed by atoms with Crippen LogP contribution in [0.5, 0.6) is 0 Å². The molecule has 0 fully saturated rings. The van der Waals surface area contributed by atoms with Gasteiger partial charge in [-0.25, -0.2) is 5.48 Å². The Bertz CT molecular complexity index is 697. The van der Waals surface area contributed by atoms with Gasteiger partial charge in [-0.15, -0.1) is 0 Å². The number of benzene rings is 1. The third kappa shape index (κ3) is 3.27. The molecular weight excluding hydrogens is 268 g/mol. The van der Waals surface area contributed by atoms with Gasteiger partial charge in [0.15, 0.2) is 5.78 Å². The first-order valence-corrected chi connectivity index (χ1v) is 6.41. The predicted octanol–water partition coefficient (Wildman–Crippen LogP) is 2.08. The maximum Gasteiger partial charge on any atom is 0.267 e. The summed E-state index contributed by atoms with van der Waals surface area (Å²) in [5, 5.41) is 8.49. The number of hydrogen-bond acceptors (Lipinski definition) is 3.